The number of rotatable bonds is 1. The van der Waals surface area contributed by atoms with E-state index in [4.69, 9.17) is 16.3 Å². The van der Waals surface area contributed by atoms with Crippen molar-refractivity contribution in [2.24, 2.45) is 0 Å². The Morgan fingerprint density at radius 3 is 2.75 bits per heavy atom. The average molecular weight is 352 g/mol. The lowest BCUT2D eigenvalue weighted by molar-refractivity contribution is 0.101. The van der Waals surface area contributed by atoms with E-state index in [2.05, 4.69) is 15.9 Å². The molecule has 2 aromatic carbocycles. The number of carbonyl (C=O) groups is 1. The number of carbonyl (C=O) groups excluding carboxylic acids is 1. The van der Waals surface area contributed by atoms with Crippen molar-refractivity contribution < 1.29 is 14.6 Å². The number of para-hydroxylation sites is 1. The number of halogens is 2. The Balaban J connectivity index is 2.01. The molecule has 0 aromatic heterocycles. The van der Waals surface area contributed by atoms with E-state index in [9.17, 15) is 9.90 Å². The van der Waals surface area contributed by atoms with Gasteiger partial charge in [-0.15, -0.1) is 0 Å². The molecule has 20 heavy (non-hydrogen) atoms. The van der Waals surface area contributed by atoms with Gasteiger partial charge in [0.1, 0.15) is 5.75 Å². The Bertz CT molecular complexity index is 753. The van der Waals surface area contributed by atoms with Gasteiger partial charge in [0.15, 0.2) is 11.5 Å². The first-order valence-corrected chi connectivity index (χ1v) is 6.94. The van der Waals surface area contributed by atoms with E-state index in [1.165, 1.54) is 6.07 Å². The van der Waals surface area contributed by atoms with Crippen LogP contribution in [-0.4, -0.2) is 10.9 Å². The standard InChI is InChI=1S/C15H8BrClO3/c16-10-3-1-2-9-14(19)13(20-15(9)10)7-8-4-5-12(18)11(17)6-8/h1-7,18H/b13-7-. The molecule has 2 aromatic rings. The maximum atomic E-state index is 12.2. The first-order valence-electron chi connectivity index (χ1n) is 5.77. The number of phenolic OH excluding ortho intramolecular Hbond substituents is 1. The molecule has 0 radical (unpaired) electrons. The van der Waals surface area contributed by atoms with Crippen LogP contribution in [0.15, 0.2) is 46.6 Å². The number of phenols is 1. The number of hydrogen-bond donors (Lipinski definition) is 1. The van der Waals surface area contributed by atoms with Crippen molar-refractivity contribution in [1.29, 1.82) is 0 Å². The average Bonchev–Trinajstić information content (AvgIpc) is 2.73. The fourth-order valence-corrected chi connectivity index (χ4v) is 2.58. The number of aromatic hydroxyl groups is 1. The summed E-state index contributed by atoms with van der Waals surface area (Å²) in [5.74, 6) is 0.575. The fraction of sp³-hybridized carbons (Fsp3) is 0. The summed E-state index contributed by atoms with van der Waals surface area (Å²) in [6.45, 7) is 0. The molecule has 3 nitrogen and oxygen atoms in total. The SMILES string of the molecule is O=C1/C(=C/c2ccc(O)c(Cl)c2)Oc2c(Br)cccc21. The molecule has 100 valence electrons. The van der Waals surface area contributed by atoms with E-state index >= 15 is 0 Å². The lowest BCUT2D eigenvalue weighted by Crippen LogP contribution is -1.97. The molecule has 0 fully saturated rings. The van der Waals surface area contributed by atoms with Crippen LogP contribution < -0.4 is 4.74 Å². The summed E-state index contributed by atoms with van der Waals surface area (Å²) in [6, 6.07) is 10.0. The number of ether oxygens (including phenoxy) is 1. The maximum Gasteiger partial charge on any atom is 0.232 e. The summed E-state index contributed by atoms with van der Waals surface area (Å²) >= 11 is 9.19. The van der Waals surface area contributed by atoms with Gasteiger partial charge in [0.25, 0.3) is 0 Å². The zero-order valence-corrected chi connectivity index (χ0v) is 12.4. The van der Waals surface area contributed by atoms with Crippen LogP contribution in [0, 0.1) is 0 Å². The molecule has 0 unspecified atom stereocenters. The highest BCUT2D eigenvalue weighted by Gasteiger charge is 2.28. The van der Waals surface area contributed by atoms with Crippen molar-refractivity contribution in [3.8, 4) is 11.5 Å². The Kier molecular flexibility index (Phi) is 3.28. The van der Waals surface area contributed by atoms with Crippen molar-refractivity contribution in [2.45, 2.75) is 0 Å². The van der Waals surface area contributed by atoms with E-state index in [0.29, 0.717) is 16.9 Å². The minimum atomic E-state index is -0.175. The lowest BCUT2D eigenvalue weighted by atomic mass is 10.1. The number of ketones is 1. The predicted molar refractivity (Wildman–Crippen MR) is 80.2 cm³/mol. The number of fused-ring (bicyclic) bond motifs is 1. The zero-order valence-electron chi connectivity index (χ0n) is 10.1. The van der Waals surface area contributed by atoms with Crippen molar-refractivity contribution in [3.05, 3.63) is 62.8 Å². The molecule has 0 spiro atoms. The molecule has 0 saturated carbocycles. The number of benzene rings is 2. The van der Waals surface area contributed by atoms with Gasteiger partial charge in [0.2, 0.25) is 5.78 Å². The summed E-state index contributed by atoms with van der Waals surface area (Å²) in [5, 5.41) is 9.60. The van der Waals surface area contributed by atoms with E-state index < -0.39 is 0 Å². The summed E-state index contributed by atoms with van der Waals surface area (Å²) in [6.07, 6.45) is 1.60. The normalized spacial score (nSPS) is 15.3. The molecule has 0 bridgehead atoms. The number of allylic oxidation sites excluding steroid dienone is 1. The van der Waals surface area contributed by atoms with Crippen LogP contribution in [0.5, 0.6) is 11.5 Å². The first kappa shape index (κ1) is 13.2. The fourth-order valence-electron chi connectivity index (χ4n) is 1.94. The summed E-state index contributed by atoms with van der Waals surface area (Å²) < 4.78 is 6.32. The minimum Gasteiger partial charge on any atom is -0.506 e. The maximum absolute atomic E-state index is 12.2. The van der Waals surface area contributed by atoms with E-state index in [1.807, 2.05) is 6.07 Å². The third-order valence-corrected chi connectivity index (χ3v) is 3.84. The summed E-state index contributed by atoms with van der Waals surface area (Å²) in [4.78, 5) is 12.2. The van der Waals surface area contributed by atoms with Crippen LogP contribution in [0.25, 0.3) is 6.08 Å². The van der Waals surface area contributed by atoms with Gasteiger partial charge < -0.3 is 9.84 Å². The van der Waals surface area contributed by atoms with Crippen LogP contribution in [0.1, 0.15) is 15.9 Å². The van der Waals surface area contributed by atoms with Gasteiger partial charge in [-0.1, -0.05) is 23.7 Å². The Morgan fingerprint density at radius 2 is 2.05 bits per heavy atom. The number of hydrogen-bond acceptors (Lipinski definition) is 3. The third kappa shape index (κ3) is 2.21. The summed E-state index contributed by atoms with van der Waals surface area (Å²) in [5.41, 5.74) is 1.20. The summed E-state index contributed by atoms with van der Waals surface area (Å²) in [7, 11) is 0. The number of Topliss-reactive ketones (excluding diaryl/α,β-unsaturated/α-hetero) is 1. The van der Waals surface area contributed by atoms with Crippen LogP contribution in [0.3, 0.4) is 0 Å². The second-order valence-corrected chi connectivity index (χ2v) is 5.53. The second-order valence-electron chi connectivity index (χ2n) is 4.27. The van der Waals surface area contributed by atoms with Gasteiger partial charge >= 0.3 is 0 Å². The van der Waals surface area contributed by atoms with Crippen molar-refractivity contribution in [3.63, 3.8) is 0 Å². The van der Waals surface area contributed by atoms with Gasteiger partial charge in [-0.2, -0.15) is 0 Å². The Morgan fingerprint density at radius 1 is 1.25 bits per heavy atom. The van der Waals surface area contributed by atoms with Gasteiger partial charge in [0.05, 0.1) is 15.1 Å². The topological polar surface area (TPSA) is 46.5 Å². The molecular weight excluding hydrogens is 344 g/mol. The van der Waals surface area contributed by atoms with E-state index in [0.717, 1.165) is 4.47 Å². The van der Waals surface area contributed by atoms with E-state index in [1.54, 1.807) is 30.3 Å². The van der Waals surface area contributed by atoms with Crippen molar-refractivity contribution in [2.75, 3.05) is 0 Å². The molecule has 0 saturated heterocycles. The smallest absolute Gasteiger partial charge is 0.232 e. The van der Waals surface area contributed by atoms with Crippen LogP contribution in [-0.2, 0) is 0 Å². The Labute approximate surface area is 128 Å². The molecule has 1 aliphatic rings. The quantitative estimate of drug-likeness (QED) is 0.773. The van der Waals surface area contributed by atoms with Gasteiger partial charge in [0, 0.05) is 0 Å². The van der Waals surface area contributed by atoms with Crippen LogP contribution >= 0.6 is 27.5 Å². The van der Waals surface area contributed by atoms with Crippen LogP contribution in [0.4, 0.5) is 0 Å². The molecule has 1 aliphatic heterocycles. The molecule has 3 rings (SSSR count). The molecule has 0 amide bonds. The highest BCUT2D eigenvalue weighted by Crippen LogP contribution is 2.38. The second kappa shape index (κ2) is 4.96. The van der Waals surface area contributed by atoms with E-state index in [-0.39, 0.29) is 22.3 Å². The third-order valence-electron chi connectivity index (χ3n) is 2.92. The van der Waals surface area contributed by atoms with Gasteiger partial charge in [-0.25, -0.2) is 0 Å². The first-order chi connectivity index (χ1) is 9.56. The van der Waals surface area contributed by atoms with Gasteiger partial charge in [-0.05, 0) is 51.8 Å². The highest BCUT2D eigenvalue weighted by molar-refractivity contribution is 9.10. The van der Waals surface area contributed by atoms with Crippen molar-refractivity contribution in [1.82, 2.24) is 0 Å². The molecule has 5 heteroatoms. The monoisotopic (exact) mass is 350 g/mol. The van der Waals surface area contributed by atoms with Crippen LogP contribution in [0.2, 0.25) is 5.02 Å². The molecular formula is C15H8BrClO3. The predicted octanol–water partition coefficient (Wildman–Crippen LogP) is 4.42. The molecule has 0 aliphatic carbocycles. The van der Waals surface area contributed by atoms with Crippen molar-refractivity contribution >= 4 is 39.4 Å². The highest BCUT2D eigenvalue weighted by atomic mass is 79.9. The molecule has 1 N–H and O–H groups in total. The van der Waals surface area contributed by atoms with Gasteiger partial charge in [-0.3, -0.25) is 4.79 Å². The zero-order chi connectivity index (χ0) is 14.3. The minimum absolute atomic E-state index is 0.00138. The largest absolute Gasteiger partial charge is 0.506 e. The lowest BCUT2D eigenvalue weighted by Gasteiger charge is -2.01. The molecule has 0 atom stereocenters. The molecule has 1 heterocycles. The Hall–Kier alpha value is -1.78.